The molecule has 0 spiro atoms. The third-order valence-electron chi connectivity index (χ3n) is 7.70. The predicted octanol–water partition coefficient (Wildman–Crippen LogP) is 14.9. The van der Waals surface area contributed by atoms with Gasteiger partial charge in [0.25, 0.3) is 0 Å². The van der Waals surface area contributed by atoms with Crippen molar-refractivity contribution in [2.45, 2.75) is 233 Å². The van der Waals surface area contributed by atoms with Crippen molar-refractivity contribution in [1.29, 1.82) is 0 Å². The second-order valence-electron chi connectivity index (χ2n) is 12.3. The van der Waals surface area contributed by atoms with Gasteiger partial charge in [0.1, 0.15) is 0 Å². The molecule has 0 aliphatic heterocycles. The van der Waals surface area contributed by atoms with E-state index >= 15 is 0 Å². The summed E-state index contributed by atoms with van der Waals surface area (Å²) in [4.78, 5) is 0. The van der Waals surface area contributed by atoms with Crippen LogP contribution in [0.25, 0.3) is 0 Å². The van der Waals surface area contributed by atoms with Crippen molar-refractivity contribution in [3.05, 3.63) is 13.8 Å². The molecule has 0 aliphatic rings. The van der Waals surface area contributed by atoms with E-state index in [2.05, 4.69) is 41.5 Å². The van der Waals surface area contributed by atoms with Crippen molar-refractivity contribution in [3.8, 4) is 0 Å². The first-order valence-electron chi connectivity index (χ1n) is 19.4. The second kappa shape index (κ2) is 62.3. The molecule has 0 aromatic carbocycles. The molecule has 0 saturated heterocycles. The van der Waals surface area contributed by atoms with Crippen molar-refractivity contribution in [1.82, 2.24) is 0 Å². The maximum atomic E-state index is 4.90. The average molecular weight is 748 g/mol. The van der Waals surface area contributed by atoms with E-state index in [4.69, 9.17) is 25.3 Å². The molecular formula is C40H84S2Sn. The summed E-state index contributed by atoms with van der Waals surface area (Å²) in [5.74, 6) is 1.91. The van der Waals surface area contributed by atoms with E-state index in [-0.39, 0.29) is 23.9 Å². The predicted molar refractivity (Wildman–Crippen MR) is 211 cm³/mol. The van der Waals surface area contributed by atoms with Crippen molar-refractivity contribution in [3.63, 3.8) is 0 Å². The first-order valence-corrected chi connectivity index (χ1v) is 20.6. The molecule has 0 aliphatic carbocycles. The van der Waals surface area contributed by atoms with E-state index < -0.39 is 0 Å². The Morgan fingerprint density at radius 3 is 0.605 bits per heavy atom. The first kappa shape index (κ1) is 54.0. The van der Waals surface area contributed by atoms with E-state index in [1.165, 1.54) is 193 Å². The Morgan fingerprint density at radius 2 is 0.442 bits per heavy atom. The summed E-state index contributed by atoms with van der Waals surface area (Å²) < 4.78 is 0. The van der Waals surface area contributed by atoms with Gasteiger partial charge in [0.15, 0.2) is 0 Å². The van der Waals surface area contributed by atoms with Crippen LogP contribution in [0.5, 0.6) is 0 Å². The van der Waals surface area contributed by atoms with Gasteiger partial charge < -0.3 is 25.3 Å². The molecule has 0 rings (SSSR count). The van der Waals surface area contributed by atoms with Gasteiger partial charge in [-0.1, -0.05) is 247 Å². The number of hydrogen-bond donors (Lipinski definition) is 0. The summed E-state index contributed by atoms with van der Waals surface area (Å²) >= 11 is 9.80. The van der Waals surface area contributed by atoms with Gasteiger partial charge >= 0.3 is 23.9 Å². The van der Waals surface area contributed by atoms with Gasteiger partial charge in [0, 0.05) is 0 Å². The smallest absolute Gasteiger partial charge is 0.793 e. The Kier molecular flexibility index (Phi) is 78.2. The largest absolute Gasteiger partial charge is 2.00 e. The minimum Gasteiger partial charge on any atom is -0.793 e. The molecule has 4 radical (unpaired) electrons. The molecule has 0 bridgehead atoms. The molecule has 0 atom stereocenters. The van der Waals surface area contributed by atoms with Crippen LogP contribution in [0, 0.1) is 13.8 Å². The van der Waals surface area contributed by atoms with Crippen molar-refractivity contribution >= 4 is 49.2 Å². The molecule has 0 unspecified atom stereocenters. The maximum absolute atomic E-state index is 4.90. The zero-order valence-electron chi connectivity index (χ0n) is 30.8. The van der Waals surface area contributed by atoms with Crippen LogP contribution in [-0.4, -0.2) is 35.4 Å². The van der Waals surface area contributed by atoms with E-state index in [0.717, 1.165) is 24.3 Å². The third-order valence-corrected chi connectivity index (χ3v) is 8.28. The summed E-state index contributed by atoms with van der Waals surface area (Å²) in [6.45, 7) is 16.6. The molecule has 0 amide bonds. The quantitative estimate of drug-likeness (QED) is 0.0408. The van der Waals surface area contributed by atoms with Gasteiger partial charge in [-0.15, -0.1) is 0 Å². The van der Waals surface area contributed by atoms with E-state index in [9.17, 15) is 0 Å². The average Bonchev–Trinajstić information content (AvgIpc) is 3.01. The molecule has 0 saturated carbocycles. The summed E-state index contributed by atoms with van der Waals surface area (Å²) in [6, 6.07) is 0. The monoisotopic (exact) mass is 749 g/mol. The van der Waals surface area contributed by atoms with Crippen LogP contribution in [-0.2, 0) is 25.3 Å². The fourth-order valence-electron chi connectivity index (χ4n) is 4.74. The molecule has 43 heavy (non-hydrogen) atoms. The Balaban J connectivity index is -0.000000152. The summed E-state index contributed by atoms with van der Waals surface area (Å²) in [5.41, 5.74) is 0. The van der Waals surface area contributed by atoms with E-state index in [1.807, 2.05) is 0 Å². The zero-order chi connectivity index (χ0) is 32.0. The Morgan fingerprint density at radius 1 is 0.279 bits per heavy atom. The van der Waals surface area contributed by atoms with Crippen LogP contribution in [0.3, 0.4) is 0 Å². The molecule has 0 aromatic heterocycles. The minimum absolute atomic E-state index is 0. The summed E-state index contributed by atoms with van der Waals surface area (Å²) in [5, 5.41) is 0. The Bertz CT molecular complexity index is 298. The third kappa shape index (κ3) is 75.5. The van der Waals surface area contributed by atoms with Crippen LogP contribution in [0.1, 0.15) is 233 Å². The fraction of sp³-hybridized carbons (Fsp3) is 0.950. The number of unbranched alkanes of at least 4 members (excludes halogenated alkanes) is 28. The minimum atomic E-state index is 0. The van der Waals surface area contributed by atoms with Gasteiger partial charge in [-0.2, -0.15) is 11.5 Å². The van der Waals surface area contributed by atoms with Crippen molar-refractivity contribution < 1.29 is 0 Å². The second-order valence-corrected chi connectivity index (χ2v) is 13.1. The van der Waals surface area contributed by atoms with Crippen LogP contribution >= 0.6 is 0 Å². The molecule has 0 nitrogen and oxygen atoms in total. The van der Waals surface area contributed by atoms with Gasteiger partial charge in [0.2, 0.25) is 0 Å². The van der Waals surface area contributed by atoms with Gasteiger partial charge in [-0.05, 0) is 0 Å². The molecule has 260 valence electrons. The zero-order valence-corrected chi connectivity index (χ0v) is 35.3. The van der Waals surface area contributed by atoms with E-state index in [1.54, 1.807) is 0 Å². The van der Waals surface area contributed by atoms with Crippen LogP contribution in [0.4, 0.5) is 0 Å². The van der Waals surface area contributed by atoms with Crippen LogP contribution in [0.15, 0.2) is 0 Å². The molecule has 0 aromatic rings. The number of hydrogen-bond acceptors (Lipinski definition) is 2. The Hall–Kier alpha value is 1.50. The summed E-state index contributed by atoms with van der Waals surface area (Å²) in [7, 11) is 0. The van der Waals surface area contributed by atoms with Crippen molar-refractivity contribution in [2.24, 2.45) is 0 Å². The van der Waals surface area contributed by atoms with Gasteiger partial charge in [-0.3, -0.25) is 0 Å². The molecule has 0 heterocycles. The fourth-order valence-corrected chi connectivity index (χ4v) is 5.15. The molecule has 0 N–H and O–H groups in total. The number of rotatable bonds is 30. The molecule has 3 heteroatoms. The molecule has 0 fully saturated rings. The normalized spacial score (nSPS) is 10.0. The van der Waals surface area contributed by atoms with Crippen LogP contribution in [0.2, 0.25) is 0 Å². The standard InChI is InChI=1S/2C12H26S.2C8H17.Sn/c2*1-2-3-4-5-6-7-8-9-10-11-12-13;2*1-3-5-7-8-6-4-2;/h2*13H,2-12H2,1H3;2*1,3-8H2,2H3;/q;;;;+2/p-2. The first-order chi connectivity index (χ1) is 20.7. The topological polar surface area (TPSA) is 0 Å². The van der Waals surface area contributed by atoms with E-state index in [0.29, 0.717) is 0 Å². The van der Waals surface area contributed by atoms with Gasteiger partial charge in [-0.25, -0.2) is 0 Å². The summed E-state index contributed by atoms with van der Waals surface area (Å²) in [6.07, 6.45) is 44.0. The Labute approximate surface area is 305 Å². The van der Waals surface area contributed by atoms with Crippen molar-refractivity contribution in [2.75, 3.05) is 11.5 Å². The van der Waals surface area contributed by atoms with Gasteiger partial charge in [0.05, 0.1) is 0 Å². The molecular weight excluding hydrogens is 663 g/mol. The SMILES string of the molecule is CCCCCCCCCCCC[S-].CCCCCCCCCCCC[S-].[CH2]CCCCCCC.[CH2]CCCCCCC.[Sn+2]. The van der Waals surface area contributed by atoms with Crippen LogP contribution < -0.4 is 0 Å². The maximum Gasteiger partial charge on any atom is 2.00 e.